The minimum absolute atomic E-state index is 0.0738. The lowest BCUT2D eigenvalue weighted by atomic mass is 10.2. The number of hydrogen-bond acceptors (Lipinski definition) is 4. The molecule has 1 aromatic rings. The molecule has 0 bridgehead atoms. The minimum atomic E-state index is -0.490. The number of benzene rings is 1. The number of carbonyl (C=O) groups is 1. The van der Waals surface area contributed by atoms with Crippen molar-refractivity contribution in [1.82, 2.24) is 4.90 Å². The van der Waals surface area contributed by atoms with Crippen molar-refractivity contribution in [2.45, 2.75) is 19.3 Å². The number of likely N-dealkylation sites (tertiary alicyclic amines) is 1. The Balaban J connectivity index is 1.93. The molecule has 1 heterocycles. The van der Waals surface area contributed by atoms with Gasteiger partial charge in [0.25, 0.3) is 5.69 Å². The van der Waals surface area contributed by atoms with E-state index in [4.69, 9.17) is 11.6 Å². The van der Waals surface area contributed by atoms with Crippen molar-refractivity contribution < 1.29 is 9.72 Å². The van der Waals surface area contributed by atoms with E-state index >= 15 is 0 Å². The molecule has 0 aliphatic carbocycles. The number of halogens is 1. The molecule has 1 fully saturated rings. The number of hydrogen-bond donors (Lipinski definition) is 1. The van der Waals surface area contributed by atoms with Gasteiger partial charge in [-0.1, -0.05) is 17.7 Å². The van der Waals surface area contributed by atoms with Crippen LogP contribution in [0.5, 0.6) is 0 Å². The summed E-state index contributed by atoms with van der Waals surface area (Å²) in [6.07, 6.45) is 2.41. The average molecular weight is 298 g/mol. The second-order valence-corrected chi connectivity index (χ2v) is 5.06. The zero-order chi connectivity index (χ0) is 14.5. The Kier molecular flexibility index (Phi) is 4.79. The Morgan fingerprint density at radius 3 is 2.75 bits per heavy atom. The lowest BCUT2D eigenvalue weighted by Gasteiger charge is -2.15. The summed E-state index contributed by atoms with van der Waals surface area (Å²) in [4.78, 5) is 24.1. The summed E-state index contributed by atoms with van der Waals surface area (Å²) in [6.45, 7) is 1.95. The molecule has 0 aromatic heterocycles. The van der Waals surface area contributed by atoms with E-state index in [0.717, 1.165) is 25.9 Å². The maximum atomic E-state index is 11.9. The summed E-state index contributed by atoms with van der Waals surface area (Å²) in [5.74, 6) is 0.0738. The van der Waals surface area contributed by atoms with E-state index in [-0.39, 0.29) is 22.3 Å². The lowest BCUT2D eigenvalue weighted by molar-refractivity contribution is -0.383. The fourth-order valence-corrected chi connectivity index (χ4v) is 2.50. The van der Waals surface area contributed by atoms with Crippen LogP contribution in [0, 0.1) is 10.1 Å². The van der Waals surface area contributed by atoms with Crippen LogP contribution in [0.3, 0.4) is 0 Å². The van der Waals surface area contributed by atoms with Gasteiger partial charge in [-0.15, -0.1) is 0 Å². The third kappa shape index (κ3) is 3.39. The molecule has 6 nitrogen and oxygen atoms in total. The summed E-state index contributed by atoms with van der Waals surface area (Å²) in [7, 11) is 0. The van der Waals surface area contributed by atoms with Gasteiger partial charge in [0.1, 0.15) is 5.69 Å². The van der Waals surface area contributed by atoms with Gasteiger partial charge >= 0.3 is 0 Å². The van der Waals surface area contributed by atoms with Crippen LogP contribution >= 0.6 is 11.6 Å². The van der Waals surface area contributed by atoms with Crippen LogP contribution in [-0.4, -0.2) is 35.4 Å². The first-order chi connectivity index (χ1) is 9.59. The average Bonchev–Trinajstić information content (AvgIpc) is 2.94. The fourth-order valence-electron chi connectivity index (χ4n) is 2.26. The van der Waals surface area contributed by atoms with Crippen molar-refractivity contribution in [2.75, 3.05) is 25.0 Å². The molecule has 1 aromatic carbocycles. The Hall–Kier alpha value is -1.82. The highest BCUT2D eigenvalue weighted by molar-refractivity contribution is 6.33. The number of nitro groups is 1. The molecule has 1 N–H and O–H groups in total. The topological polar surface area (TPSA) is 75.5 Å². The molecule has 0 radical (unpaired) electrons. The molecular weight excluding hydrogens is 282 g/mol. The van der Waals surface area contributed by atoms with Gasteiger partial charge in [-0.2, -0.15) is 0 Å². The second-order valence-electron chi connectivity index (χ2n) is 4.66. The smallest absolute Gasteiger partial charge is 0.293 e. The number of nitrogens with one attached hydrogen (secondary N) is 1. The number of carbonyl (C=O) groups excluding carboxylic acids is 1. The van der Waals surface area contributed by atoms with Gasteiger partial charge in [0.05, 0.1) is 9.95 Å². The molecule has 0 saturated carbocycles. The SMILES string of the molecule is O=C(CCNc1c(Cl)cccc1[N+](=O)[O-])N1CCCC1. The molecule has 0 atom stereocenters. The van der Waals surface area contributed by atoms with Crippen LogP contribution in [0.2, 0.25) is 5.02 Å². The van der Waals surface area contributed by atoms with Crippen molar-refractivity contribution in [1.29, 1.82) is 0 Å². The van der Waals surface area contributed by atoms with E-state index in [2.05, 4.69) is 5.32 Å². The number of nitro benzene ring substituents is 1. The van der Waals surface area contributed by atoms with Crippen molar-refractivity contribution in [3.8, 4) is 0 Å². The maximum absolute atomic E-state index is 11.9. The largest absolute Gasteiger partial charge is 0.378 e. The highest BCUT2D eigenvalue weighted by atomic mass is 35.5. The molecule has 1 aliphatic rings. The van der Waals surface area contributed by atoms with Crippen molar-refractivity contribution in [3.05, 3.63) is 33.3 Å². The minimum Gasteiger partial charge on any atom is -0.378 e. The maximum Gasteiger partial charge on any atom is 0.293 e. The van der Waals surface area contributed by atoms with Gasteiger partial charge in [0.2, 0.25) is 5.91 Å². The molecule has 2 rings (SSSR count). The van der Waals surface area contributed by atoms with Crippen LogP contribution in [0.4, 0.5) is 11.4 Å². The van der Waals surface area contributed by atoms with Gasteiger partial charge in [-0.3, -0.25) is 14.9 Å². The van der Waals surface area contributed by atoms with Gasteiger partial charge < -0.3 is 10.2 Å². The van der Waals surface area contributed by atoms with Crippen molar-refractivity contribution >= 4 is 28.9 Å². The first-order valence-corrected chi connectivity index (χ1v) is 6.92. The van der Waals surface area contributed by atoms with E-state index in [1.165, 1.54) is 12.1 Å². The molecular formula is C13H16ClN3O3. The van der Waals surface area contributed by atoms with Gasteiger partial charge in [0.15, 0.2) is 0 Å². The summed E-state index contributed by atoms with van der Waals surface area (Å²) >= 11 is 5.95. The first-order valence-electron chi connectivity index (χ1n) is 6.54. The highest BCUT2D eigenvalue weighted by Gasteiger charge is 2.19. The third-order valence-corrected chi connectivity index (χ3v) is 3.60. The normalized spacial score (nSPS) is 14.3. The van der Waals surface area contributed by atoms with Crippen LogP contribution in [0.25, 0.3) is 0 Å². The van der Waals surface area contributed by atoms with Crippen molar-refractivity contribution in [2.24, 2.45) is 0 Å². The van der Waals surface area contributed by atoms with Crippen molar-refractivity contribution in [3.63, 3.8) is 0 Å². The lowest BCUT2D eigenvalue weighted by Crippen LogP contribution is -2.29. The molecule has 1 amide bonds. The second kappa shape index (κ2) is 6.56. The zero-order valence-electron chi connectivity index (χ0n) is 11.0. The predicted octanol–water partition coefficient (Wildman–Crippen LogP) is 2.67. The summed E-state index contributed by atoms with van der Waals surface area (Å²) in [5, 5.41) is 14.1. The number of para-hydroxylation sites is 1. The summed E-state index contributed by atoms with van der Waals surface area (Å²) < 4.78 is 0. The third-order valence-electron chi connectivity index (χ3n) is 3.29. The van der Waals surface area contributed by atoms with E-state index in [1.54, 1.807) is 6.07 Å². The van der Waals surface area contributed by atoms with Crippen LogP contribution in [0.15, 0.2) is 18.2 Å². The first kappa shape index (κ1) is 14.6. The van der Waals surface area contributed by atoms with Gasteiger partial charge in [0, 0.05) is 32.1 Å². The summed E-state index contributed by atoms with van der Waals surface area (Å²) in [5.41, 5.74) is 0.194. The monoisotopic (exact) mass is 297 g/mol. The van der Waals surface area contributed by atoms with E-state index in [0.29, 0.717) is 13.0 Å². The predicted molar refractivity (Wildman–Crippen MR) is 77.0 cm³/mol. The molecule has 108 valence electrons. The number of nitrogens with zero attached hydrogens (tertiary/aromatic N) is 2. The number of amides is 1. The van der Waals surface area contributed by atoms with E-state index in [1.807, 2.05) is 4.90 Å². The molecule has 1 saturated heterocycles. The van der Waals surface area contributed by atoms with Gasteiger partial charge in [-0.25, -0.2) is 0 Å². The molecule has 1 aliphatic heterocycles. The Bertz CT molecular complexity index is 516. The summed E-state index contributed by atoms with van der Waals surface area (Å²) in [6, 6.07) is 4.50. The Morgan fingerprint density at radius 2 is 2.10 bits per heavy atom. The number of rotatable bonds is 5. The highest BCUT2D eigenvalue weighted by Crippen LogP contribution is 2.31. The van der Waals surface area contributed by atoms with Crippen LogP contribution < -0.4 is 5.32 Å². The molecule has 20 heavy (non-hydrogen) atoms. The van der Waals surface area contributed by atoms with Crippen LogP contribution in [0.1, 0.15) is 19.3 Å². The zero-order valence-corrected chi connectivity index (χ0v) is 11.7. The molecule has 0 unspecified atom stereocenters. The quantitative estimate of drug-likeness (QED) is 0.669. The Morgan fingerprint density at radius 1 is 1.40 bits per heavy atom. The van der Waals surface area contributed by atoms with E-state index in [9.17, 15) is 14.9 Å². The van der Waals surface area contributed by atoms with Crippen LogP contribution in [-0.2, 0) is 4.79 Å². The standard InChI is InChI=1S/C13H16ClN3O3/c14-10-4-3-5-11(17(19)20)13(10)15-7-6-12(18)16-8-1-2-9-16/h3-5,15H,1-2,6-9H2. The Labute approximate surface area is 121 Å². The molecule has 0 spiro atoms. The fraction of sp³-hybridized carbons (Fsp3) is 0.462. The molecule has 7 heteroatoms. The van der Waals surface area contributed by atoms with E-state index < -0.39 is 4.92 Å². The van der Waals surface area contributed by atoms with Gasteiger partial charge in [-0.05, 0) is 18.9 Å². The number of anilines is 1.